The summed E-state index contributed by atoms with van der Waals surface area (Å²) in [6, 6.07) is 9.68. The molecule has 1 amide bonds. The third-order valence-corrected chi connectivity index (χ3v) is 3.15. The van der Waals surface area contributed by atoms with Crippen LogP contribution in [0, 0.1) is 5.92 Å². The first kappa shape index (κ1) is 16.6. The van der Waals surface area contributed by atoms with Gasteiger partial charge in [-0.3, -0.25) is 10.1 Å². The summed E-state index contributed by atoms with van der Waals surface area (Å²) in [5.41, 5.74) is 1.04. The molecule has 0 fully saturated rings. The molecular weight excluding hydrogens is 307 g/mol. The molecule has 0 spiro atoms. The molecule has 0 saturated carbocycles. The second-order valence-corrected chi connectivity index (χ2v) is 6.87. The van der Waals surface area contributed by atoms with Crippen molar-refractivity contribution in [3.63, 3.8) is 0 Å². The first-order valence-corrected chi connectivity index (χ1v) is 7.08. The number of hydrogen-bond acceptors (Lipinski definition) is 2. The lowest BCUT2D eigenvalue weighted by Crippen LogP contribution is -2.54. The molecule has 0 aliphatic carbocycles. The second-order valence-electron chi connectivity index (χ2n) is 4.50. The van der Waals surface area contributed by atoms with Crippen LogP contribution < -0.4 is 10.6 Å². The molecule has 0 aliphatic heterocycles. The van der Waals surface area contributed by atoms with E-state index in [0.29, 0.717) is 6.54 Å². The number of benzene rings is 1. The van der Waals surface area contributed by atoms with Gasteiger partial charge in [-0.05, 0) is 5.56 Å². The predicted molar refractivity (Wildman–Crippen MR) is 80.3 cm³/mol. The summed E-state index contributed by atoms with van der Waals surface area (Å²) in [6.45, 7) is 4.06. The highest BCUT2D eigenvalue weighted by atomic mass is 35.6. The molecule has 3 nitrogen and oxygen atoms in total. The van der Waals surface area contributed by atoms with Gasteiger partial charge in [-0.1, -0.05) is 79.0 Å². The Bertz CT molecular complexity index is 404. The molecule has 0 aliphatic rings. The summed E-state index contributed by atoms with van der Waals surface area (Å²) in [4.78, 5) is 11.7. The minimum absolute atomic E-state index is 0.170. The highest BCUT2D eigenvalue weighted by Crippen LogP contribution is 2.29. The number of nitrogens with one attached hydrogen (secondary N) is 2. The molecule has 1 aromatic rings. The van der Waals surface area contributed by atoms with Crippen molar-refractivity contribution in [1.82, 2.24) is 10.6 Å². The Morgan fingerprint density at radius 2 is 1.79 bits per heavy atom. The van der Waals surface area contributed by atoms with Gasteiger partial charge in [0.15, 0.2) is 0 Å². The Labute approximate surface area is 128 Å². The van der Waals surface area contributed by atoms with Gasteiger partial charge in [0.1, 0.15) is 6.17 Å². The molecule has 0 radical (unpaired) electrons. The number of rotatable bonds is 5. The quantitative estimate of drug-likeness (QED) is 0.645. The fourth-order valence-electron chi connectivity index (χ4n) is 1.37. The summed E-state index contributed by atoms with van der Waals surface area (Å²) >= 11 is 17.6. The number of hydrogen-bond donors (Lipinski definition) is 2. The van der Waals surface area contributed by atoms with E-state index in [4.69, 9.17) is 34.8 Å². The lowest BCUT2D eigenvalue weighted by Gasteiger charge is -2.27. The van der Waals surface area contributed by atoms with Crippen LogP contribution in [0.1, 0.15) is 19.4 Å². The number of halogens is 3. The third-order valence-electron chi connectivity index (χ3n) is 2.49. The van der Waals surface area contributed by atoms with Gasteiger partial charge >= 0.3 is 0 Å². The molecule has 2 N–H and O–H groups in total. The van der Waals surface area contributed by atoms with E-state index in [1.807, 2.05) is 30.3 Å². The Morgan fingerprint density at radius 3 is 2.26 bits per heavy atom. The highest BCUT2D eigenvalue weighted by Gasteiger charge is 2.33. The molecule has 106 valence electrons. The summed E-state index contributed by atoms with van der Waals surface area (Å²) < 4.78 is -1.61. The number of carbonyl (C=O) groups is 1. The van der Waals surface area contributed by atoms with Crippen molar-refractivity contribution in [2.75, 3.05) is 0 Å². The van der Waals surface area contributed by atoms with Gasteiger partial charge in [0.25, 0.3) is 0 Å². The summed E-state index contributed by atoms with van der Waals surface area (Å²) in [6.07, 6.45) is -0.743. The SMILES string of the molecule is CC(C)C(=O)N[C@H](NCc1ccccc1)C(Cl)(Cl)Cl. The minimum atomic E-state index is -1.61. The van der Waals surface area contributed by atoms with Gasteiger partial charge in [0, 0.05) is 12.5 Å². The van der Waals surface area contributed by atoms with Crippen LogP contribution in [0.5, 0.6) is 0 Å². The predicted octanol–water partition coefficient (Wildman–Crippen LogP) is 3.24. The maximum Gasteiger partial charge on any atom is 0.223 e. The average Bonchev–Trinajstić information content (AvgIpc) is 2.33. The molecular formula is C13H17Cl3N2O. The first-order chi connectivity index (χ1) is 8.80. The Morgan fingerprint density at radius 1 is 1.21 bits per heavy atom. The molecule has 1 aromatic carbocycles. The van der Waals surface area contributed by atoms with Crippen LogP contribution >= 0.6 is 34.8 Å². The lowest BCUT2D eigenvalue weighted by molar-refractivity contribution is -0.124. The second kappa shape index (κ2) is 7.34. The van der Waals surface area contributed by atoms with E-state index in [0.717, 1.165) is 5.56 Å². The third kappa shape index (κ3) is 6.00. The largest absolute Gasteiger partial charge is 0.336 e. The van der Waals surface area contributed by atoms with Crippen LogP contribution in [0.2, 0.25) is 0 Å². The van der Waals surface area contributed by atoms with E-state index in [1.54, 1.807) is 13.8 Å². The van der Waals surface area contributed by atoms with E-state index in [9.17, 15) is 4.79 Å². The Hall–Kier alpha value is -0.480. The lowest BCUT2D eigenvalue weighted by atomic mass is 10.2. The normalized spacial score (nSPS) is 13.4. The summed E-state index contributed by atoms with van der Waals surface area (Å²) in [7, 11) is 0. The topological polar surface area (TPSA) is 41.1 Å². The molecule has 0 aromatic heterocycles. The van der Waals surface area contributed by atoms with Gasteiger partial charge in [0.2, 0.25) is 9.70 Å². The summed E-state index contributed by atoms with van der Waals surface area (Å²) in [5, 5.41) is 5.71. The Balaban J connectivity index is 2.63. The van der Waals surface area contributed by atoms with Crippen LogP contribution in [-0.4, -0.2) is 15.9 Å². The fourth-order valence-corrected chi connectivity index (χ4v) is 1.77. The zero-order valence-corrected chi connectivity index (χ0v) is 13.1. The van der Waals surface area contributed by atoms with Gasteiger partial charge in [-0.2, -0.15) is 0 Å². The van der Waals surface area contributed by atoms with Crippen molar-refractivity contribution in [1.29, 1.82) is 0 Å². The van der Waals surface area contributed by atoms with Gasteiger partial charge < -0.3 is 5.32 Å². The smallest absolute Gasteiger partial charge is 0.223 e. The van der Waals surface area contributed by atoms with Crippen LogP contribution in [0.15, 0.2) is 30.3 Å². The number of alkyl halides is 3. The maximum absolute atomic E-state index is 11.7. The molecule has 19 heavy (non-hydrogen) atoms. The van der Waals surface area contributed by atoms with Crippen molar-refractivity contribution in [2.24, 2.45) is 5.92 Å². The average molecular weight is 324 g/mol. The van der Waals surface area contributed by atoms with Gasteiger partial charge in [-0.25, -0.2) is 0 Å². The van der Waals surface area contributed by atoms with Gasteiger partial charge in [0.05, 0.1) is 0 Å². The van der Waals surface area contributed by atoms with Crippen molar-refractivity contribution >= 4 is 40.7 Å². The number of amides is 1. The van der Waals surface area contributed by atoms with Crippen LogP contribution in [0.4, 0.5) is 0 Å². The number of carbonyl (C=O) groups excluding carboxylic acids is 1. The van der Waals surface area contributed by atoms with E-state index < -0.39 is 9.96 Å². The van der Waals surface area contributed by atoms with E-state index in [2.05, 4.69) is 10.6 Å². The van der Waals surface area contributed by atoms with Crippen molar-refractivity contribution < 1.29 is 4.79 Å². The zero-order chi connectivity index (χ0) is 14.5. The molecule has 0 unspecified atom stereocenters. The van der Waals surface area contributed by atoms with E-state index in [-0.39, 0.29) is 11.8 Å². The summed E-state index contributed by atoms with van der Waals surface area (Å²) in [5.74, 6) is -0.342. The monoisotopic (exact) mass is 322 g/mol. The van der Waals surface area contributed by atoms with Gasteiger partial charge in [-0.15, -0.1) is 0 Å². The zero-order valence-electron chi connectivity index (χ0n) is 10.8. The molecule has 0 bridgehead atoms. The molecule has 0 heterocycles. The van der Waals surface area contributed by atoms with Crippen molar-refractivity contribution in [2.45, 2.75) is 30.4 Å². The first-order valence-electron chi connectivity index (χ1n) is 5.95. The fraction of sp³-hybridized carbons (Fsp3) is 0.462. The van der Waals surface area contributed by atoms with Crippen LogP contribution in [0.3, 0.4) is 0 Å². The van der Waals surface area contributed by atoms with E-state index in [1.165, 1.54) is 0 Å². The molecule has 6 heteroatoms. The standard InChI is InChI=1S/C13H17Cl3N2O/c1-9(2)11(19)18-12(13(14,15)16)17-8-10-6-4-3-5-7-10/h3-7,9,12,17H,8H2,1-2H3,(H,18,19)/t12-/m0/s1. The highest BCUT2D eigenvalue weighted by molar-refractivity contribution is 6.68. The molecule has 1 rings (SSSR count). The molecule has 0 saturated heterocycles. The maximum atomic E-state index is 11.7. The minimum Gasteiger partial charge on any atom is -0.336 e. The molecule has 1 atom stereocenters. The Kier molecular flexibility index (Phi) is 6.40. The van der Waals surface area contributed by atoms with Crippen LogP contribution in [-0.2, 0) is 11.3 Å². The van der Waals surface area contributed by atoms with Crippen molar-refractivity contribution in [3.05, 3.63) is 35.9 Å². The van der Waals surface area contributed by atoms with Crippen molar-refractivity contribution in [3.8, 4) is 0 Å². The van der Waals surface area contributed by atoms with E-state index >= 15 is 0 Å². The van der Waals surface area contributed by atoms with Crippen LogP contribution in [0.25, 0.3) is 0 Å².